The third-order valence-corrected chi connectivity index (χ3v) is 5.20. The van der Waals surface area contributed by atoms with Gasteiger partial charge in [0.15, 0.2) is 0 Å². The highest BCUT2D eigenvalue weighted by molar-refractivity contribution is 5.80. The van der Waals surface area contributed by atoms with Crippen LogP contribution in [0.2, 0.25) is 0 Å². The number of hydrogen-bond donors (Lipinski definition) is 0. The van der Waals surface area contributed by atoms with Crippen LogP contribution >= 0.6 is 0 Å². The Morgan fingerprint density at radius 2 is 1.74 bits per heavy atom. The van der Waals surface area contributed by atoms with Gasteiger partial charge in [-0.25, -0.2) is 4.39 Å². The molecule has 0 aliphatic carbocycles. The van der Waals surface area contributed by atoms with E-state index < -0.39 is 6.10 Å². The molecule has 0 unspecified atom stereocenters. The number of ether oxygens (including phenoxy) is 1. The van der Waals surface area contributed by atoms with E-state index in [-0.39, 0.29) is 17.8 Å². The molecule has 1 fully saturated rings. The largest absolute Gasteiger partial charge is 0.364 e. The van der Waals surface area contributed by atoms with Crippen LogP contribution in [0.25, 0.3) is 0 Å². The number of nitrogens with zero attached hydrogens (tertiary/aromatic N) is 2. The van der Waals surface area contributed by atoms with Gasteiger partial charge in [-0.1, -0.05) is 42.5 Å². The summed E-state index contributed by atoms with van der Waals surface area (Å²) in [7, 11) is 0. The van der Waals surface area contributed by atoms with Crippen LogP contribution in [0.1, 0.15) is 31.0 Å². The number of halogens is 1. The maximum Gasteiger partial charge on any atom is 0.251 e. The van der Waals surface area contributed by atoms with Crippen molar-refractivity contribution in [3.05, 3.63) is 71.5 Å². The quantitative estimate of drug-likeness (QED) is 0.778. The van der Waals surface area contributed by atoms with Crippen LogP contribution in [0.15, 0.2) is 54.6 Å². The molecule has 1 saturated heterocycles. The van der Waals surface area contributed by atoms with Crippen molar-refractivity contribution in [2.24, 2.45) is 0 Å². The van der Waals surface area contributed by atoms with Gasteiger partial charge in [-0.15, -0.1) is 0 Å². The minimum Gasteiger partial charge on any atom is -0.364 e. The summed E-state index contributed by atoms with van der Waals surface area (Å²) in [6.45, 7) is 7.20. The minimum absolute atomic E-state index is 0.0315. The number of piperazine rings is 1. The summed E-state index contributed by atoms with van der Waals surface area (Å²) in [6, 6.07) is 16.7. The second kappa shape index (κ2) is 9.11. The van der Waals surface area contributed by atoms with Crippen LogP contribution < -0.4 is 0 Å². The zero-order valence-corrected chi connectivity index (χ0v) is 16.0. The fraction of sp³-hybridized carbons (Fsp3) is 0.409. The van der Waals surface area contributed by atoms with Crippen molar-refractivity contribution in [1.82, 2.24) is 9.80 Å². The van der Waals surface area contributed by atoms with Crippen molar-refractivity contribution >= 4 is 5.91 Å². The van der Waals surface area contributed by atoms with Gasteiger partial charge in [0.2, 0.25) is 0 Å². The topological polar surface area (TPSA) is 32.8 Å². The van der Waals surface area contributed by atoms with E-state index in [0.29, 0.717) is 19.7 Å². The molecular weight excluding hydrogens is 343 g/mol. The first-order valence-electron chi connectivity index (χ1n) is 9.48. The van der Waals surface area contributed by atoms with E-state index in [9.17, 15) is 9.18 Å². The molecule has 4 nitrogen and oxygen atoms in total. The molecule has 3 rings (SSSR count). The number of rotatable bonds is 6. The van der Waals surface area contributed by atoms with E-state index >= 15 is 0 Å². The number of carbonyl (C=O) groups excluding carboxylic acids is 1. The van der Waals surface area contributed by atoms with Crippen LogP contribution in [0, 0.1) is 5.82 Å². The highest BCUT2D eigenvalue weighted by Crippen LogP contribution is 2.22. The second-order valence-electron chi connectivity index (χ2n) is 7.03. The van der Waals surface area contributed by atoms with Gasteiger partial charge in [-0.2, -0.15) is 0 Å². The first-order valence-corrected chi connectivity index (χ1v) is 9.48. The molecule has 1 heterocycles. The highest BCUT2D eigenvalue weighted by Gasteiger charge is 2.27. The van der Waals surface area contributed by atoms with Gasteiger partial charge in [-0.05, 0) is 37.1 Å². The molecule has 1 amide bonds. The average Bonchev–Trinajstić information content (AvgIpc) is 2.72. The molecule has 1 aliphatic heterocycles. The molecule has 0 aromatic heterocycles. The van der Waals surface area contributed by atoms with E-state index in [1.807, 2.05) is 48.2 Å². The zero-order chi connectivity index (χ0) is 19.2. The fourth-order valence-electron chi connectivity index (χ4n) is 3.43. The molecule has 0 radical (unpaired) electrons. The Kier molecular flexibility index (Phi) is 6.58. The number of amides is 1. The second-order valence-corrected chi connectivity index (χ2v) is 7.03. The Balaban J connectivity index is 1.48. The molecule has 5 heteroatoms. The van der Waals surface area contributed by atoms with Gasteiger partial charge < -0.3 is 9.64 Å². The third kappa shape index (κ3) is 5.15. The van der Waals surface area contributed by atoms with E-state index in [2.05, 4.69) is 11.8 Å². The van der Waals surface area contributed by atoms with E-state index in [1.54, 1.807) is 12.1 Å². The van der Waals surface area contributed by atoms with Crippen LogP contribution in [-0.4, -0.2) is 48.0 Å². The minimum atomic E-state index is -0.461. The molecule has 0 N–H and O–H groups in total. The van der Waals surface area contributed by atoms with Gasteiger partial charge in [0.1, 0.15) is 11.9 Å². The molecule has 27 heavy (non-hydrogen) atoms. The molecule has 0 bridgehead atoms. The summed E-state index contributed by atoms with van der Waals surface area (Å²) in [5, 5.41) is 0. The Morgan fingerprint density at radius 1 is 1.04 bits per heavy atom. The summed E-state index contributed by atoms with van der Waals surface area (Å²) in [5.74, 6) is -0.179. The van der Waals surface area contributed by atoms with Crippen molar-refractivity contribution in [3.63, 3.8) is 0 Å². The van der Waals surface area contributed by atoms with Crippen molar-refractivity contribution in [2.45, 2.75) is 32.6 Å². The Morgan fingerprint density at radius 3 is 2.41 bits per heavy atom. The van der Waals surface area contributed by atoms with Crippen molar-refractivity contribution in [3.8, 4) is 0 Å². The molecule has 2 aromatic rings. The smallest absolute Gasteiger partial charge is 0.251 e. The van der Waals surface area contributed by atoms with Crippen LogP contribution in [-0.2, 0) is 16.1 Å². The number of carbonyl (C=O) groups is 1. The number of benzene rings is 2. The third-order valence-electron chi connectivity index (χ3n) is 5.20. The molecule has 0 saturated carbocycles. The fourth-order valence-corrected chi connectivity index (χ4v) is 3.43. The van der Waals surface area contributed by atoms with Crippen LogP contribution in [0.5, 0.6) is 0 Å². The monoisotopic (exact) mass is 370 g/mol. The molecule has 2 atom stereocenters. The Labute approximate surface area is 160 Å². The van der Waals surface area contributed by atoms with Gasteiger partial charge in [-0.3, -0.25) is 9.69 Å². The molecular formula is C22H27FN2O2. The zero-order valence-electron chi connectivity index (χ0n) is 16.0. The molecule has 1 aliphatic rings. The Bertz CT molecular complexity index is 745. The maximum atomic E-state index is 13.5. The van der Waals surface area contributed by atoms with Crippen molar-refractivity contribution in [2.75, 3.05) is 26.2 Å². The van der Waals surface area contributed by atoms with E-state index in [1.165, 1.54) is 6.07 Å². The predicted octanol–water partition coefficient (Wildman–Crippen LogP) is 3.64. The molecule has 144 valence electrons. The SMILES string of the molecule is C[C@H](OCc1ccccc1)C(=O)N1CCN([C@@H](C)c2cccc(F)c2)CC1. The number of hydrogen-bond acceptors (Lipinski definition) is 3. The first kappa shape index (κ1) is 19.5. The van der Waals surface area contributed by atoms with Crippen LogP contribution in [0.4, 0.5) is 4.39 Å². The average molecular weight is 370 g/mol. The van der Waals surface area contributed by atoms with Crippen molar-refractivity contribution < 1.29 is 13.9 Å². The lowest BCUT2D eigenvalue weighted by Gasteiger charge is -2.39. The molecule has 0 spiro atoms. The lowest BCUT2D eigenvalue weighted by molar-refractivity contribution is -0.145. The lowest BCUT2D eigenvalue weighted by atomic mass is 10.1. The van der Waals surface area contributed by atoms with Crippen molar-refractivity contribution in [1.29, 1.82) is 0 Å². The van der Waals surface area contributed by atoms with Gasteiger partial charge in [0, 0.05) is 32.2 Å². The summed E-state index contributed by atoms with van der Waals surface area (Å²) in [4.78, 5) is 16.8. The summed E-state index contributed by atoms with van der Waals surface area (Å²) in [5.41, 5.74) is 2.03. The predicted molar refractivity (Wildman–Crippen MR) is 104 cm³/mol. The normalized spacial score (nSPS) is 17.5. The lowest BCUT2D eigenvalue weighted by Crippen LogP contribution is -2.51. The van der Waals surface area contributed by atoms with Gasteiger partial charge >= 0.3 is 0 Å². The Hall–Kier alpha value is -2.24. The summed E-state index contributed by atoms with van der Waals surface area (Å²) < 4.78 is 19.2. The highest BCUT2D eigenvalue weighted by atomic mass is 19.1. The van der Waals surface area contributed by atoms with Crippen LogP contribution in [0.3, 0.4) is 0 Å². The molecule has 2 aromatic carbocycles. The van der Waals surface area contributed by atoms with E-state index in [4.69, 9.17) is 4.74 Å². The summed E-state index contributed by atoms with van der Waals surface area (Å²) in [6.07, 6.45) is -0.461. The summed E-state index contributed by atoms with van der Waals surface area (Å²) >= 11 is 0. The maximum absolute atomic E-state index is 13.5. The van der Waals surface area contributed by atoms with E-state index in [0.717, 1.165) is 24.2 Å². The first-order chi connectivity index (χ1) is 13.0. The van der Waals surface area contributed by atoms with Gasteiger partial charge in [0.05, 0.1) is 6.61 Å². The van der Waals surface area contributed by atoms with Gasteiger partial charge in [0.25, 0.3) is 5.91 Å². The standard InChI is InChI=1S/C22H27FN2O2/c1-17(20-9-6-10-21(23)15-20)24-11-13-25(14-12-24)22(26)18(2)27-16-19-7-4-3-5-8-19/h3-10,15,17-18H,11-14,16H2,1-2H3/t17-,18-/m0/s1.